The predicted octanol–water partition coefficient (Wildman–Crippen LogP) is 4.36. The minimum absolute atomic E-state index is 0.0584. The smallest absolute Gasteiger partial charge is 0.251 e. The second kappa shape index (κ2) is 10.3. The van der Waals surface area contributed by atoms with Crippen LogP contribution in [-0.2, 0) is 16.6 Å². The lowest BCUT2D eigenvalue weighted by molar-refractivity contribution is 0.0950. The average molecular weight is 484 g/mol. The van der Waals surface area contributed by atoms with E-state index >= 15 is 0 Å². The highest BCUT2D eigenvalue weighted by molar-refractivity contribution is 7.89. The molecule has 0 unspecified atom stereocenters. The van der Waals surface area contributed by atoms with Crippen LogP contribution >= 0.6 is 0 Å². The summed E-state index contributed by atoms with van der Waals surface area (Å²) in [6.07, 6.45) is 4.77. The molecular weight excluding hydrogens is 457 g/mol. The molecule has 1 saturated heterocycles. The van der Waals surface area contributed by atoms with E-state index in [9.17, 15) is 17.6 Å². The zero-order valence-electron chi connectivity index (χ0n) is 18.8. The van der Waals surface area contributed by atoms with Crippen LogP contribution in [0.3, 0.4) is 0 Å². The molecule has 1 N–H and O–H groups in total. The number of nitrogens with one attached hydrogen (secondary N) is 1. The molecule has 0 bridgehead atoms. The van der Waals surface area contributed by atoms with Gasteiger partial charge in [-0.15, -0.1) is 0 Å². The van der Waals surface area contributed by atoms with Crippen molar-refractivity contribution in [3.8, 4) is 11.5 Å². The summed E-state index contributed by atoms with van der Waals surface area (Å²) in [4.78, 5) is 16.6. The van der Waals surface area contributed by atoms with Crippen LogP contribution in [0.4, 0.5) is 4.39 Å². The van der Waals surface area contributed by atoms with Crippen molar-refractivity contribution in [2.75, 3.05) is 13.1 Å². The lowest BCUT2D eigenvalue weighted by Gasteiger charge is -2.29. The molecule has 3 aromatic rings. The fourth-order valence-corrected chi connectivity index (χ4v) is 5.18. The molecule has 4 rings (SSSR count). The first-order valence-corrected chi connectivity index (χ1v) is 12.5. The first-order chi connectivity index (χ1) is 16.3. The van der Waals surface area contributed by atoms with Gasteiger partial charge in [-0.05, 0) is 72.9 Å². The molecule has 34 heavy (non-hydrogen) atoms. The van der Waals surface area contributed by atoms with Crippen LogP contribution in [0.5, 0.6) is 11.5 Å². The monoisotopic (exact) mass is 483 g/mol. The quantitative estimate of drug-likeness (QED) is 0.539. The molecule has 0 spiro atoms. The lowest BCUT2D eigenvalue weighted by Crippen LogP contribution is -2.37. The molecule has 2 heterocycles. The summed E-state index contributed by atoms with van der Waals surface area (Å²) in [6, 6.07) is 13.7. The Morgan fingerprint density at radius 2 is 1.88 bits per heavy atom. The number of ether oxygens (including phenoxy) is 1. The highest BCUT2D eigenvalue weighted by Crippen LogP contribution is 2.25. The molecule has 7 nitrogen and oxygen atoms in total. The summed E-state index contributed by atoms with van der Waals surface area (Å²) in [6.45, 7) is 3.24. The van der Waals surface area contributed by atoms with E-state index in [0.29, 0.717) is 35.9 Å². The zero-order valence-corrected chi connectivity index (χ0v) is 19.6. The molecule has 0 saturated carbocycles. The SMILES string of the molecule is CC1CCN(S(=O)(=O)c2ccc(C(=O)NCc3ccc(Oc4cccnc4)c(F)c3)cc2)CC1. The van der Waals surface area contributed by atoms with Gasteiger partial charge < -0.3 is 10.1 Å². The molecule has 0 radical (unpaired) electrons. The summed E-state index contributed by atoms with van der Waals surface area (Å²) in [7, 11) is -3.57. The molecule has 178 valence electrons. The number of aromatic nitrogens is 1. The highest BCUT2D eigenvalue weighted by atomic mass is 32.2. The van der Waals surface area contributed by atoms with Crippen LogP contribution in [0.25, 0.3) is 0 Å². The second-order valence-corrected chi connectivity index (χ2v) is 10.3. The summed E-state index contributed by atoms with van der Waals surface area (Å²) < 4.78 is 47.0. The van der Waals surface area contributed by atoms with Gasteiger partial charge in [0.1, 0.15) is 5.75 Å². The fourth-order valence-electron chi connectivity index (χ4n) is 3.71. The molecule has 0 aliphatic carbocycles. The number of piperidine rings is 1. The van der Waals surface area contributed by atoms with Gasteiger partial charge in [-0.2, -0.15) is 4.31 Å². The van der Waals surface area contributed by atoms with Crippen molar-refractivity contribution in [1.29, 1.82) is 0 Å². The molecule has 1 fully saturated rings. The van der Waals surface area contributed by atoms with E-state index in [0.717, 1.165) is 12.8 Å². The number of halogens is 1. The minimum Gasteiger partial charge on any atom is -0.453 e. The number of hydrogen-bond acceptors (Lipinski definition) is 5. The van der Waals surface area contributed by atoms with Gasteiger partial charge in [0, 0.05) is 31.4 Å². The van der Waals surface area contributed by atoms with E-state index in [1.807, 2.05) is 0 Å². The van der Waals surface area contributed by atoms with Crippen LogP contribution in [0.1, 0.15) is 35.7 Å². The number of hydrogen-bond donors (Lipinski definition) is 1. The Morgan fingerprint density at radius 3 is 2.53 bits per heavy atom. The van der Waals surface area contributed by atoms with Crippen molar-refractivity contribution in [1.82, 2.24) is 14.6 Å². The Kier molecular flexibility index (Phi) is 7.23. The number of sulfonamides is 1. The van der Waals surface area contributed by atoms with E-state index in [4.69, 9.17) is 4.74 Å². The Labute approximate surface area is 198 Å². The maximum atomic E-state index is 14.4. The predicted molar refractivity (Wildman–Crippen MR) is 125 cm³/mol. The Balaban J connectivity index is 1.35. The van der Waals surface area contributed by atoms with Gasteiger partial charge in [0.2, 0.25) is 10.0 Å². The van der Waals surface area contributed by atoms with Crippen LogP contribution < -0.4 is 10.1 Å². The topological polar surface area (TPSA) is 88.6 Å². The number of nitrogens with zero attached hydrogens (tertiary/aromatic N) is 2. The Hall–Kier alpha value is -3.30. The number of rotatable bonds is 7. The molecule has 1 aliphatic rings. The summed E-state index contributed by atoms with van der Waals surface area (Å²) in [5.41, 5.74) is 0.881. The van der Waals surface area contributed by atoms with Gasteiger partial charge in [-0.3, -0.25) is 9.78 Å². The maximum Gasteiger partial charge on any atom is 0.251 e. The summed E-state index contributed by atoms with van der Waals surface area (Å²) in [5.74, 6) is 0.0609. The van der Waals surface area contributed by atoms with Crippen LogP contribution in [0, 0.1) is 11.7 Å². The van der Waals surface area contributed by atoms with E-state index < -0.39 is 15.8 Å². The highest BCUT2D eigenvalue weighted by Gasteiger charge is 2.28. The molecule has 1 amide bonds. The van der Waals surface area contributed by atoms with E-state index in [1.165, 1.54) is 46.9 Å². The number of amides is 1. The van der Waals surface area contributed by atoms with Gasteiger partial charge in [0.05, 0.1) is 11.1 Å². The molecular formula is C25H26FN3O4S. The van der Waals surface area contributed by atoms with Crippen molar-refractivity contribution in [3.05, 3.63) is 83.9 Å². The standard InChI is InChI=1S/C25H26FN3O4S/c1-18-10-13-29(14-11-18)34(31,32)22-7-5-20(6-8-22)25(30)28-16-19-4-9-24(23(26)15-19)33-21-3-2-12-27-17-21/h2-9,12,15,17-18H,10-11,13-14,16H2,1H3,(H,28,30). The number of benzene rings is 2. The van der Waals surface area contributed by atoms with E-state index in [-0.39, 0.29) is 23.1 Å². The fraction of sp³-hybridized carbons (Fsp3) is 0.280. The van der Waals surface area contributed by atoms with E-state index in [1.54, 1.807) is 24.4 Å². The van der Waals surface area contributed by atoms with Crippen LogP contribution in [-0.4, -0.2) is 36.7 Å². The maximum absolute atomic E-state index is 14.4. The summed E-state index contributed by atoms with van der Waals surface area (Å²) in [5, 5.41) is 2.72. The first kappa shape index (κ1) is 23.8. The van der Waals surface area contributed by atoms with Crippen molar-refractivity contribution in [2.45, 2.75) is 31.2 Å². The largest absolute Gasteiger partial charge is 0.453 e. The van der Waals surface area contributed by atoms with Gasteiger partial charge >= 0.3 is 0 Å². The Bertz CT molecular complexity index is 1240. The molecule has 1 aromatic heterocycles. The van der Waals surface area contributed by atoms with Gasteiger partial charge in [0.25, 0.3) is 5.91 Å². The molecule has 2 aromatic carbocycles. The molecule has 9 heteroatoms. The Morgan fingerprint density at radius 1 is 1.15 bits per heavy atom. The second-order valence-electron chi connectivity index (χ2n) is 8.35. The minimum atomic E-state index is -3.57. The summed E-state index contributed by atoms with van der Waals surface area (Å²) >= 11 is 0. The van der Waals surface area contributed by atoms with Crippen molar-refractivity contribution in [3.63, 3.8) is 0 Å². The molecule has 0 atom stereocenters. The van der Waals surface area contributed by atoms with E-state index in [2.05, 4.69) is 17.2 Å². The normalized spacial score (nSPS) is 15.1. The average Bonchev–Trinajstić information content (AvgIpc) is 2.85. The van der Waals surface area contributed by atoms with Crippen molar-refractivity contribution in [2.24, 2.45) is 5.92 Å². The van der Waals surface area contributed by atoms with Crippen LogP contribution in [0.2, 0.25) is 0 Å². The zero-order chi connectivity index (χ0) is 24.1. The third kappa shape index (κ3) is 5.60. The van der Waals surface area contributed by atoms with Gasteiger partial charge in [-0.25, -0.2) is 12.8 Å². The first-order valence-electron chi connectivity index (χ1n) is 11.1. The van der Waals surface area contributed by atoms with Gasteiger partial charge in [-0.1, -0.05) is 13.0 Å². The third-order valence-corrected chi connectivity index (χ3v) is 7.72. The van der Waals surface area contributed by atoms with Gasteiger partial charge in [0.15, 0.2) is 11.6 Å². The van der Waals surface area contributed by atoms with Crippen LogP contribution in [0.15, 0.2) is 71.9 Å². The van der Waals surface area contributed by atoms with Crippen molar-refractivity contribution < 1.29 is 22.3 Å². The number of carbonyl (C=O) groups is 1. The number of carbonyl (C=O) groups excluding carboxylic acids is 1. The lowest BCUT2D eigenvalue weighted by atomic mass is 10.0. The van der Waals surface area contributed by atoms with Crippen molar-refractivity contribution >= 4 is 15.9 Å². The third-order valence-electron chi connectivity index (χ3n) is 5.81. The number of pyridine rings is 1. The molecule has 1 aliphatic heterocycles.